The Balaban J connectivity index is 1.71. The van der Waals surface area contributed by atoms with Crippen LogP contribution in [0.4, 0.5) is 0 Å². The molecule has 0 fully saturated rings. The van der Waals surface area contributed by atoms with Crippen LogP contribution >= 0.6 is 0 Å². The number of carbonyl (C=O) groups excluding carboxylic acids is 2. The van der Waals surface area contributed by atoms with Crippen LogP contribution in [0.25, 0.3) is 0 Å². The molecule has 1 aliphatic rings. The Morgan fingerprint density at radius 1 is 0.895 bits per heavy atom. The molecule has 0 spiro atoms. The molecule has 0 aliphatic carbocycles. The predicted octanol–water partition coefficient (Wildman–Crippen LogP) is 5.09. The van der Waals surface area contributed by atoms with Crippen molar-refractivity contribution in [1.29, 1.82) is 0 Å². The van der Waals surface area contributed by atoms with Crippen molar-refractivity contribution in [2.75, 3.05) is 41.0 Å². The molecule has 200 valence electrons. The average Bonchev–Trinajstić information content (AvgIpc) is 2.97. The van der Waals surface area contributed by atoms with E-state index >= 15 is 0 Å². The normalized spacial score (nSPS) is 16.8. The number of benzene rings is 3. The van der Waals surface area contributed by atoms with Crippen LogP contribution in [0, 0.1) is 0 Å². The summed E-state index contributed by atoms with van der Waals surface area (Å²) in [6.07, 6.45) is 3.19. The van der Waals surface area contributed by atoms with Gasteiger partial charge in [-0.15, -0.1) is 0 Å². The Hall–Kier alpha value is -4.00. The van der Waals surface area contributed by atoms with Gasteiger partial charge in [-0.05, 0) is 61.6 Å². The summed E-state index contributed by atoms with van der Waals surface area (Å²) >= 11 is 0. The molecule has 0 saturated heterocycles. The third-order valence-electron chi connectivity index (χ3n) is 6.93. The first-order chi connectivity index (χ1) is 18.5. The van der Waals surface area contributed by atoms with Crippen molar-refractivity contribution in [2.24, 2.45) is 0 Å². The Kier molecular flexibility index (Phi) is 9.25. The number of hydrogen-bond acceptors (Lipinski definition) is 5. The maximum Gasteiger partial charge on any atom is 0.257 e. The zero-order valence-corrected chi connectivity index (χ0v) is 22.4. The molecule has 3 aromatic rings. The molecule has 0 unspecified atom stereocenters. The lowest BCUT2D eigenvalue weighted by Gasteiger charge is -2.32. The zero-order chi connectivity index (χ0) is 26.9. The van der Waals surface area contributed by atoms with Crippen molar-refractivity contribution in [3.8, 4) is 17.2 Å². The maximum absolute atomic E-state index is 14.0. The first-order valence-electron chi connectivity index (χ1n) is 13.1. The van der Waals surface area contributed by atoms with E-state index in [-0.39, 0.29) is 24.5 Å². The van der Waals surface area contributed by atoms with E-state index in [4.69, 9.17) is 14.2 Å². The van der Waals surface area contributed by atoms with Crippen molar-refractivity contribution in [1.82, 2.24) is 9.80 Å². The highest BCUT2D eigenvalue weighted by atomic mass is 16.5. The standard InChI is InChI=1S/C31H36N2O5/c1-32-18-10-5-11-19-33(30(34)24-16-17-28(36-2)29(21-24)37-3)25(20-23-12-6-4-7-13-23)22-38-27-15-9-8-14-26(27)31(32)35/h4,6-9,12-17,21,25H,5,10-11,18-20,22H2,1-3H3/t25-/m1/s1. The Labute approximate surface area is 224 Å². The maximum atomic E-state index is 14.0. The molecule has 1 aliphatic heterocycles. The van der Waals surface area contributed by atoms with Crippen LogP contribution in [0.5, 0.6) is 17.2 Å². The van der Waals surface area contributed by atoms with E-state index in [0.717, 1.165) is 24.8 Å². The summed E-state index contributed by atoms with van der Waals surface area (Å²) in [6.45, 7) is 1.47. The summed E-state index contributed by atoms with van der Waals surface area (Å²) in [4.78, 5) is 30.8. The van der Waals surface area contributed by atoms with Crippen molar-refractivity contribution in [3.63, 3.8) is 0 Å². The van der Waals surface area contributed by atoms with Gasteiger partial charge in [-0.25, -0.2) is 0 Å². The fourth-order valence-electron chi connectivity index (χ4n) is 4.80. The van der Waals surface area contributed by atoms with Crippen LogP contribution in [-0.2, 0) is 6.42 Å². The minimum absolute atomic E-state index is 0.0577. The molecule has 4 rings (SSSR count). The van der Waals surface area contributed by atoms with Crippen LogP contribution in [0.3, 0.4) is 0 Å². The van der Waals surface area contributed by atoms with Gasteiger partial charge in [0, 0.05) is 25.7 Å². The van der Waals surface area contributed by atoms with E-state index in [2.05, 4.69) is 12.1 Å². The lowest BCUT2D eigenvalue weighted by atomic mass is 10.0. The van der Waals surface area contributed by atoms with E-state index in [1.807, 2.05) is 48.3 Å². The Bertz CT molecular complexity index is 1230. The highest BCUT2D eigenvalue weighted by Gasteiger charge is 2.28. The SMILES string of the molecule is COc1ccc(C(=O)N2CCCCCN(C)C(=O)c3ccccc3OC[C@H]2Cc2ccccc2)cc1OC. The van der Waals surface area contributed by atoms with E-state index < -0.39 is 0 Å². The molecule has 38 heavy (non-hydrogen) atoms. The van der Waals surface area contributed by atoms with Crippen molar-refractivity contribution < 1.29 is 23.8 Å². The van der Waals surface area contributed by atoms with Crippen molar-refractivity contribution in [2.45, 2.75) is 31.7 Å². The molecule has 7 heteroatoms. The summed E-state index contributed by atoms with van der Waals surface area (Å²) in [5.74, 6) is 1.46. The first-order valence-corrected chi connectivity index (χ1v) is 13.1. The smallest absolute Gasteiger partial charge is 0.257 e. The van der Waals surface area contributed by atoms with Crippen LogP contribution in [0.15, 0.2) is 72.8 Å². The topological polar surface area (TPSA) is 68.3 Å². The van der Waals surface area contributed by atoms with E-state index in [9.17, 15) is 9.59 Å². The van der Waals surface area contributed by atoms with Gasteiger partial charge in [0.15, 0.2) is 11.5 Å². The Morgan fingerprint density at radius 2 is 1.61 bits per heavy atom. The number of fused-ring (bicyclic) bond motifs is 1. The molecule has 2 amide bonds. The second kappa shape index (κ2) is 13.0. The first kappa shape index (κ1) is 27.0. The van der Waals surface area contributed by atoms with Gasteiger partial charge >= 0.3 is 0 Å². The Morgan fingerprint density at radius 3 is 2.37 bits per heavy atom. The lowest BCUT2D eigenvalue weighted by Crippen LogP contribution is -2.45. The molecular formula is C31H36N2O5. The van der Waals surface area contributed by atoms with E-state index in [1.165, 1.54) is 0 Å². The fraction of sp³-hybridized carbons (Fsp3) is 0.355. The molecule has 0 aromatic heterocycles. The number of ether oxygens (including phenoxy) is 3. The minimum atomic E-state index is -0.250. The van der Waals surface area contributed by atoms with E-state index in [1.54, 1.807) is 43.4 Å². The van der Waals surface area contributed by atoms with Crippen LogP contribution in [0.1, 0.15) is 45.5 Å². The highest BCUT2D eigenvalue weighted by molar-refractivity contribution is 5.97. The van der Waals surface area contributed by atoms with Gasteiger partial charge in [0.05, 0.1) is 25.8 Å². The molecule has 0 bridgehead atoms. The summed E-state index contributed by atoms with van der Waals surface area (Å²) in [5.41, 5.74) is 2.17. The van der Waals surface area contributed by atoms with Gasteiger partial charge in [0.1, 0.15) is 12.4 Å². The van der Waals surface area contributed by atoms with Crippen molar-refractivity contribution >= 4 is 11.8 Å². The molecular weight excluding hydrogens is 480 g/mol. The zero-order valence-electron chi connectivity index (χ0n) is 22.4. The van der Waals surface area contributed by atoms with Gasteiger partial charge in [0.2, 0.25) is 0 Å². The number of methoxy groups -OCH3 is 2. The molecule has 0 saturated carbocycles. The van der Waals surface area contributed by atoms with Crippen molar-refractivity contribution in [3.05, 3.63) is 89.5 Å². The lowest BCUT2D eigenvalue weighted by molar-refractivity contribution is 0.0605. The highest BCUT2D eigenvalue weighted by Crippen LogP contribution is 2.29. The van der Waals surface area contributed by atoms with Gasteiger partial charge in [-0.2, -0.15) is 0 Å². The van der Waals surface area contributed by atoms with Crippen LogP contribution < -0.4 is 14.2 Å². The van der Waals surface area contributed by atoms with Gasteiger partial charge in [-0.1, -0.05) is 42.5 Å². The molecule has 0 radical (unpaired) electrons. The summed E-state index contributed by atoms with van der Waals surface area (Å²) in [5, 5.41) is 0. The molecule has 3 aromatic carbocycles. The third kappa shape index (κ3) is 6.46. The fourth-order valence-corrected chi connectivity index (χ4v) is 4.80. The number of para-hydroxylation sites is 1. The second-order valence-corrected chi connectivity index (χ2v) is 9.51. The number of nitrogens with zero attached hydrogens (tertiary/aromatic N) is 2. The number of carbonyl (C=O) groups is 2. The third-order valence-corrected chi connectivity index (χ3v) is 6.93. The largest absolute Gasteiger partial charge is 0.493 e. The number of amides is 2. The minimum Gasteiger partial charge on any atom is -0.493 e. The van der Waals surface area contributed by atoms with Gasteiger partial charge in [-0.3, -0.25) is 9.59 Å². The second-order valence-electron chi connectivity index (χ2n) is 9.51. The molecule has 1 heterocycles. The number of rotatable bonds is 5. The summed E-state index contributed by atoms with van der Waals surface area (Å²) in [6, 6.07) is 22.4. The predicted molar refractivity (Wildman–Crippen MR) is 147 cm³/mol. The molecule has 7 nitrogen and oxygen atoms in total. The average molecular weight is 517 g/mol. The monoisotopic (exact) mass is 516 g/mol. The van der Waals surface area contributed by atoms with E-state index in [0.29, 0.717) is 47.9 Å². The quantitative estimate of drug-likeness (QED) is 0.473. The summed E-state index contributed by atoms with van der Waals surface area (Å²) < 4.78 is 17.2. The summed E-state index contributed by atoms with van der Waals surface area (Å²) in [7, 11) is 4.96. The van der Waals surface area contributed by atoms with Crippen LogP contribution in [0.2, 0.25) is 0 Å². The van der Waals surface area contributed by atoms with Crippen LogP contribution in [-0.4, -0.2) is 68.6 Å². The molecule has 1 atom stereocenters. The number of hydrogen-bond donors (Lipinski definition) is 0. The molecule has 0 N–H and O–H groups in total. The van der Waals surface area contributed by atoms with Gasteiger partial charge < -0.3 is 24.0 Å². The van der Waals surface area contributed by atoms with Gasteiger partial charge in [0.25, 0.3) is 11.8 Å².